The molecule has 1 heterocycles. The number of nitrogens with zero attached hydrogens (tertiary/aromatic N) is 1. The Balaban J connectivity index is 2.50. The largest absolute Gasteiger partial charge is 0.351 e. The molecule has 0 bridgehead atoms. The Labute approximate surface area is 122 Å². The highest BCUT2D eigenvalue weighted by Gasteiger charge is 2.30. The molecule has 6 heteroatoms. The Kier molecular flexibility index (Phi) is 4.04. The minimum atomic E-state index is -0.450. The zero-order valence-electron chi connectivity index (χ0n) is 11.5. The van der Waals surface area contributed by atoms with E-state index in [0.29, 0.717) is 21.9 Å². The Hall–Kier alpha value is -1.95. The molecule has 1 aromatic carbocycles. The van der Waals surface area contributed by atoms with Gasteiger partial charge in [0.15, 0.2) is 5.11 Å². The van der Waals surface area contributed by atoms with Gasteiger partial charge in [0.05, 0.1) is 11.6 Å². The normalized spacial score (nSPS) is 18.4. The van der Waals surface area contributed by atoms with Gasteiger partial charge in [0, 0.05) is 19.8 Å². The van der Waals surface area contributed by atoms with Crippen molar-refractivity contribution in [3.63, 3.8) is 0 Å². The van der Waals surface area contributed by atoms with Gasteiger partial charge in [0.1, 0.15) is 5.82 Å². The standard InChI is InChI=1S/C14H16FN3OS/c1-8-11(13(19)18(2)3)12(17-14(20)16-8)9-5-4-6-10(15)7-9/h4-7,12H,1-3H3,(H2,16,17,20)/t12-/m1/s1. The zero-order valence-corrected chi connectivity index (χ0v) is 12.3. The Morgan fingerprint density at radius 1 is 1.40 bits per heavy atom. The summed E-state index contributed by atoms with van der Waals surface area (Å²) in [5, 5.41) is 6.39. The molecule has 4 nitrogen and oxygen atoms in total. The minimum Gasteiger partial charge on any atom is -0.351 e. The van der Waals surface area contributed by atoms with Gasteiger partial charge in [0.2, 0.25) is 0 Å². The fraction of sp³-hybridized carbons (Fsp3) is 0.286. The van der Waals surface area contributed by atoms with Crippen LogP contribution in [0.1, 0.15) is 18.5 Å². The van der Waals surface area contributed by atoms with Gasteiger partial charge >= 0.3 is 0 Å². The number of nitrogens with one attached hydrogen (secondary N) is 2. The van der Waals surface area contributed by atoms with Crippen LogP contribution in [0.25, 0.3) is 0 Å². The summed E-state index contributed by atoms with van der Waals surface area (Å²) in [6.45, 7) is 1.79. The topological polar surface area (TPSA) is 44.4 Å². The Morgan fingerprint density at radius 3 is 2.70 bits per heavy atom. The van der Waals surface area contributed by atoms with Crippen LogP contribution >= 0.6 is 12.2 Å². The summed E-state index contributed by atoms with van der Waals surface area (Å²) in [6, 6.07) is 5.71. The Bertz CT molecular complexity index is 598. The van der Waals surface area contributed by atoms with Gasteiger partial charge in [0.25, 0.3) is 5.91 Å². The van der Waals surface area contributed by atoms with E-state index in [-0.39, 0.29) is 11.7 Å². The second kappa shape index (κ2) is 5.58. The first kappa shape index (κ1) is 14.5. The van der Waals surface area contributed by atoms with Crippen LogP contribution in [0.3, 0.4) is 0 Å². The van der Waals surface area contributed by atoms with Crippen molar-refractivity contribution < 1.29 is 9.18 Å². The summed E-state index contributed by atoms with van der Waals surface area (Å²) < 4.78 is 13.4. The number of rotatable bonds is 2. The third-order valence-corrected chi connectivity index (χ3v) is 3.31. The lowest BCUT2D eigenvalue weighted by atomic mass is 9.94. The molecule has 1 aliphatic rings. The van der Waals surface area contributed by atoms with Gasteiger partial charge in [-0.15, -0.1) is 0 Å². The van der Waals surface area contributed by atoms with Gasteiger partial charge < -0.3 is 15.5 Å². The van der Waals surface area contributed by atoms with Crippen LogP contribution in [-0.2, 0) is 4.79 Å². The van der Waals surface area contributed by atoms with Crippen molar-refractivity contribution in [1.82, 2.24) is 15.5 Å². The molecular formula is C14H16FN3OS. The maximum absolute atomic E-state index is 13.4. The number of amides is 1. The van der Waals surface area contributed by atoms with E-state index in [0.717, 1.165) is 0 Å². The SMILES string of the molecule is CC1=C(C(=O)N(C)C)[C@@H](c2cccc(F)c2)NC(=S)N1. The van der Waals surface area contributed by atoms with Crippen LogP contribution in [0, 0.1) is 5.82 Å². The third kappa shape index (κ3) is 2.80. The summed E-state index contributed by atoms with van der Waals surface area (Å²) in [5.41, 5.74) is 1.88. The molecule has 0 saturated carbocycles. The van der Waals surface area contributed by atoms with Crippen LogP contribution in [0.15, 0.2) is 35.5 Å². The second-order valence-electron chi connectivity index (χ2n) is 4.82. The van der Waals surface area contributed by atoms with Crippen LogP contribution < -0.4 is 10.6 Å². The second-order valence-corrected chi connectivity index (χ2v) is 5.23. The molecule has 1 aromatic rings. The molecule has 1 amide bonds. The predicted molar refractivity (Wildman–Crippen MR) is 79.4 cm³/mol. The van der Waals surface area contributed by atoms with Gasteiger partial charge in [-0.1, -0.05) is 12.1 Å². The highest BCUT2D eigenvalue weighted by Crippen LogP contribution is 2.28. The smallest absolute Gasteiger partial charge is 0.253 e. The number of likely N-dealkylation sites (N-methyl/N-ethyl adjacent to an activating group) is 1. The van der Waals surface area contributed by atoms with E-state index in [9.17, 15) is 9.18 Å². The summed E-state index contributed by atoms with van der Waals surface area (Å²) in [5.74, 6) is -0.484. The Morgan fingerprint density at radius 2 is 2.10 bits per heavy atom. The van der Waals surface area contributed by atoms with Gasteiger partial charge in [-0.3, -0.25) is 4.79 Å². The van der Waals surface area contributed by atoms with E-state index in [2.05, 4.69) is 10.6 Å². The molecule has 0 aliphatic carbocycles. The molecule has 106 valence electrons. The molecule has 0 unspecified atom stereocenters. The predicted octanol–water partition coefficient (Wildman–Crippen LogP) is 1.71. The minimum absolute atomic E-state index is 0.140. The first-order valence-electron chi connectivity index (χ1n) is 6.15. The number of allylic oxidation sites excluding steroid dienone is 1. The molecule has 0 aromatic heterocycles. The zero-order chi connectivity index (χ0) is 14.9. The first-order valence-corrected chi connectivity index (χ1v) is 6.56. The number of carbonyl (C=O) groups is 1. The number of carbonyl (C=O) groups excluding carboxylic acids is 1. The molecule has 0 fully saturated rings. The lowest BCUT2D eigenvalue weighted by Gasteiger charge is -2.31. The molecule has 2 rings (SSSR count). The van der Waals surface area contributed by atoms with Crippen LogP contribution in [0.5, 0.6) is 0 Å². The fourth-order valence-corrected chi connectivity index (χ4v) is 2.43. The van der Waals surface area contributed by atoms with E-state index in [4.69, 9.17) is 12.2 Å². The van der Waals surface area contributed by atoms with Gasteiger partial charge in [-0.2, -0.15) is 0 Å². The third-order valence-electron chi connectivity index (χ3n) is 3.09. The number of thiocarbonyl (C=S) groups is 1. The number of hydrogen-bond donors (Lipinski definition) is 2. The molecule has 20 heavy (non-hydrogen) atoms. The number of halogens is 1. The maximum Gasteiger partial charge on any atom is 0.253 e. The van der Waals surface area contributed by atoms with E-state index in [1.807, 2.05) is 0 Å². The number of hydrogen-bond acceptors (Lipinski definition) is 2. The van der Waals surface area contributed by atoms with E-state index in [1.54, 1.807) is 33.2 Å². The van der Waals surface area contributed by atoms with Crippen molar-refractivity contribution >= 4 is 23.2 Å². The molecule has 1 aliphatic heterocycles. The van der Waals surface area contributed by atoms with Gasteiger partial charge in [-0.05, 0) is 36.8 Å². The quantitative estimate of drug-likeness (QED) is 0.815. The summed E-state index contributed by atoms with van der Waals surface area (Å²) in [7, 11) is 3.36. The average molecular weight is 293 g/mol. The van der Waals surface area contributed by atoms with Crippen LogP contribution in [0.4, 0.5) is 4.39 Å². The molecule has 1 atom stereocenters. The van der Waals surface area contributed by atoms with Crippen molar-refractivity contribution in [3.05, 3.63) is 46.9 Å². The van der Waals surface area contributed by atoms with Crippen molar-refractivity contribution in [2.45, 2.75) is 13.0 Å². The monoisotopic (exact) mass is 293 g/mol. The summed E-state index contributed by atoms with van der Waals surface area (Å²) >= 11 is 5.12. The van der Waals surface area contributed by atoms with E-state index in [1.165, 1.54) is 17.0 Å². The highest BCUT2D eigenvalue weighted by atomic mass is 32.1. The fourth-order valence-electron chi connectivity index (χ4n) is 2.15. The first-order chi connectivity index (χ1) is 9.40. The maximum atomic E-state index is 13.4. The lowest BCUT2D eigenvalue weighted by Crippen LogP contribution is -2.46. The number of benzene rings is 1. The average Bonchev–Trinajstić information content (AvgIpc) is 2.37. The van der Waals surface area contributed by atoms with Crippen LogP contribution in [0.2, 0.25) is 0 Å². The lowest BCUT2D eigenvalue weighted by molar-refractivity contribution is -0.125. The molecule has 0 saturated heterocycles. The van der Waals surface area contributed by atoms with Crippen molar-refractivity contribution in [3.8, 4) is 0 Å². The molecule has 0 radical (unpaired) electrons. The van der Waals surface area contributed by atoms with Gasteiger partial charge in [-0.25, -0.2) is 4.39 Å². The van der Waals surface area contributed by atoms with Crippen molar-refractivity contribution in [1.29, 1.82) is 0 Å². The molecular weight excluding hydrogens is 277 g/mol. The summed E-state index contributed by atoms with van der Waals surface area (Å²) in [4.78, 5) is 13.8. The highest BCUT2D eigenvalue weighted by molar-refractivity contribution is 7.80. The van der Waals surface area contributed by atoms with Crippen molar-refractivity contribution in [2.24, 2.45) is 0 Å². The van der Waals surface area contributed by atoms with E-state index < -0.39 is 6.04 Å². The molecule has 2 N–H and O–H groups in total. The van der Waals surface area contributed by atoms with Crippen LogP contribution in [-0.4, -0.2) is 30.0 Å². The molecule has 0 spiro atoms. The summed E-state index contributed by atoms with van der Waals surface area (Å²) in [6.07, 6.45) is 0. The van der Waals surface area contributed by atoms with Crippen molar-refractivity contribution in [2.75, 3.05) is 14.1 Å². The van der Waals surface area contributed by atoms with E-state index >= 15 is 0 Å².